The summed E-state index contributed by atoms with van der Waals surface area (Å²) in [5, 5.41) is 9.93. The summed E-state index contributed by atoms with van der Waals surface area (Å²) in [5.74, 6) is -1.14. The Hall–Kier alpha value is -1.53. The van der Waals surface area contributed by atoms with Crippen molar-refractivity contribution in [2.45, 2.75) is 17.2 Å². The van der Waals surface area contributed by atoms with E-state index in [1.165, 1.54) is 11.8 Å². The van der Waals surface area contributed by atoms with E-state index < -0.39 is 23.7 Å². The minimum atomic E-state index is -4.73. The van der Waals surface area contributed by atoms with Crippen LogP contribution in [0.15, 0.2) is 53.4 Å². The smallest absolute Gasteiger partial charge is 0.388 e. The molecule has 6 heteroatoms. The number of rotatable bonds is 4. The van der Waals surface area contributed by atoms with Gasteiger partial charge in [-0.25, -0.2) is 4.39 Å². The van der Waals surface area contributed by atoms with Gasteiger partial charge in [0, 0.05) is 10.6 Å². The molecule has 0 aliphatic rings. The van der Waals surface area contributed by atoms with Gasteiger partial charge in [0.05, 0.1) is 11.7 Å². The van der Waals surface area contributed by atoms with E-state index in [1.54, 1.807) is 0 Å². The summed E-state index contributed by atoms with van der Waals surface area (Å²) >= 11 is 1.34. The van der Waals surface area contributed by atoms with Gasteiger partial charge in [-0.15, -0.1) is 11.8 Å². The first kappa shape index (κ1) is 15.9. The number of thioether (sulfide) groups is 1. The first-order valence-corrected chi connectivity index (χ1v) is 7.09. The lowest BCUT2D eigenvalue weighted by Gasteiger charge is -2.13. The molecule has 0 saturated carbocycles. The Morgan fingerprint density at radius 2 is 1.71 bits per heavy atom. The maximum Gasteiger partial charge on any atom is 0.419 e. The molecule has 2 aromatic carbocycles. The minimum absolute atomic E-state index is 0.129. The first-order valence-electron chi connectivity index (χ1n) is 6.10. The number of alkyl halides is 3. The van der Waals surface area contributed by atoms with Crippen molar-refractivity contribution < 1.29 is 22.7 Å². The molecule has 0 aliphatic carbocycles. The molecule has 1 nitrogen and oxygen atoms in total. The Balaban J connectivity index is 2.06. The summed E-state index contributed by atoms with van der Waals surface area (Å²) in [4.78, 5) is 0.920. The van der Waals surface area contributed by atoms with E-state index in [0.29, 0.717) is 6.07 Å². The van der Waals surface area contributed by atoms with Gasteiger partial charge in [-0.1, -0.05) is 24.3 Å². The van der Waals surface area contributed by atoms with Crippen LogP contribution >= 0.6 is 11.8 Å². The van der Waals surface area contributed by atoms with E-state index in [0.717, 1.165) is 17.0 Å². The first-order chi connectivity index (χ1) is 9.88. The fraction of sp³-hybridized carbons (Fsp3) is 0.200. The summed E-state index contributed by atoms with van der Waals surface area (Å²) < 4.78 is 50.8. The molecule has 2 rings (SSSR count). The SMILES string of the molecule is OC(CSc1ccccc1)c1ccc(C(F)(F)F)c(F)c1. The molecule has 1 unspecified atom stereocenters. The monoisotopic (exact) mass is 316 g/mol. The fourth-order valence-electron chi connectivity index (χ4n) is 1.76. The Kier molecular flexibility index (Phi) is 4.90. The molecule has 0 radical (unpaired) electrons. The van der Waals surface area contributed by atoms with Crippen molar-refractivity contribution in [1.82, 2.24) is 0 Å². The van der Waals surface area contributed by atoms with Crippen molar-refractivity contribution in [2.75, 3.05) is 5.75 Å². The highest BCUT2D eigenvalue weighted by molar-refractivity contribution is 7.99. The van der Waals surface area contributed by atoms with Crippen molar-refractivity contribution in [2.24, 2.45) is 0 Å². The third-order valence-corrected chi connectivity index (χ3v) is 3.92. The lowest BCUT2D eigenvalue weighted by molar-refractivity contribution is -0.140. The Labute approximate surface area is 123 Å². The maximum absolute atomic E-state index is 13.4. The van der Waals surface area contributed by atoms with Crippen molar-refractivity contribution in [3.8, 4) is 0 Å². The molecule has 1 atom stereocenters. The largest absolute Gasteiger partial charge is 0.419 e. The van der Waals surface area contributed by atoms with Gasteiger partial charge in [0.25, 0.3) is 0 Å². The van der Waals surface area contributed by atoms with Gasteiger partial charge in [0.15, 0.2) is 0 Å². The van der Waals surface area contributed by atoms with Crippen LogP contribution in [0.2, 0.25) is 0 Å². The van der Waals surface area contributed by atoms with Crippen LogP contribution in [0.4, 0.5) is 17.6 Å². The van der Waals surface area contributed by atoms with E-state index in [9.17, 15) is 22.7 Å². The van der Waals surface area contributed by atoms with Gasteiger partial charge in [-0.05, 0) is 29.8 Å². The molecule has 0 spiro atoms. The second-order valence-corrected chi connectivity index (χ2v) is 5.47. The zero-order valence-corrected chi connectivity index (χ0v) is 11.6. The van der Waals surface area contributed by atoms with Crippen LogP contribution in [-0.4, -0.2) is 10.9 Å². The molecule has 21 heavy (non-hydrogen) atoms. The van der Waals surface area contributed by atoms with Gasteiger partial charge in [-0.2, -0.15) is 13.2 Å². The third kappa shape index (κ3) is 4.22. The third-order valence-electron chi connectivity index (χ3n) is 2.83. The van der Waals surface area contributed by atoms with Gasteiger partial charge in [-0.3, -0.25) is 0 Å². The number of hydrogen-bond acceptors (Lipinski definition) is 2. The molecule has 0 amide bonds. The zero-order chi connectivity index (χ0) is 15.5. The average molecular weight is 316 g/mol. The molecule has 2 aromatic rings. The van der Waals surface area contributed by atoms with Crippen LogP contribution in [0, 0.1) is 5.82 Å². The molecule has 0 saturated heterocycles. The second kappa shape index (κ2) is 6.49. The molecule has 112 valence electrons. The fourth-order valence-corrected chi connectivity index (χ4v) is 2.65. The molecule has 0 aliphatic heterocycles. The van der Waals surface area contributed by atoms with Crippen LogP contribution in [0.1, 0.15) is 17.2 Å². The lowest BCUT2D eigenvalue weighted by Crippen LogP contribution is -2.09. The van der Waals surface area contributed by atoms with Crippen molar-refractivity contribution in [3.63, 3.8) is 0 Å². The minimum Gasteiger partial charge on any atom is -0.388 e. The standard InChI is InChI=1S/C15H12F4OS/c16-13-8-10(6-7-12(13)15(17,18)19)14(20)9-21-11-4-2-1-3-5-11/h1-8,14,20H,9H2. The summed E-state index contributed by atoms with van der Waals surface area (Å²) in [6.45, 7) is 0. The van der Waals surface area contributed by atoms with Crippen LogP contribution < -0.4 is 0 Å². The topological polar surface area (TPSA) is 20.2 Å². The molecular weight excluding hydrogens is 304 g/mol. The Bertz CT molecular complexity index is 598. The Morgan fingerprint density at radius 3 is 2.29 bits per heavy atom. The molecule has 1 N–H and O–H groups in total. The highest BCUT2D eigenvalue weighted by atomic mass is 32.2. The number of aliphatic hydroxyl groups excluding tert-OH is 1. The van der Waals surface area contributed by atoms with Crippen molar-refractivity contribution in [1.29, 1.82) is 0 Å². The molecule has 0 fully saturated rings. The van der Waals surface area contributed by atoms with Gasteiger partial charge >= 0.3 is 6.18 Å². The molecule has 0 bridgehead atoms. The Morgan fingerprint density at radius 1 is 1.05 bits per heavy atom. The predicted octanol–water partition coefficient (Wildman–Crippen LogP) is 4.67. The van der Waals surface area contributed by atoms with Crippen LogP contribution in [0.25, 0.3) is 0 Å². The van der Waals surface area contributed by atoms with Gasteiger partial charge in [0.2, 0.25) is 0 Å². The lowest BCUT2D eigenvalue weighted by atomic mass is 10.1. The van der Waals surface area contributed by atoms with Crippen LogP contribution in [0.5, 0.6) is 0 Å². The van der Waals surface area contributed by atoms with E-state index in [1.807, 2.05) is 30.3 Å². The highest BCUT2D eigenvalue weighted by Crippen LogP contribution is 2.33. The van der Waals surface area contributed by atoms with Gasteiger partial charge in [0.1, 0.15) is 5.82 Å². The number of benzene rings is 2. The molecule has 0 heterocycles. The van der Waals surface area contributed by atoms with Crippen LogP contribution in [-0.2, 0) is 6.18 Å². The predicted molar refractivity (Wildman–Crippen MR) is 73.5 cm³/mol. The van der Waals surface area contributed by atoms with E-state index in [2.05, 4.69) is 0 Å². The highest BCUT2D eigenvalue weighted by Gasteiger charge is 2.34. The summed E-state index contributed by atoms with van der Waals surface area (Å²) in [5.41, 5.74) is -1.20. The average Bonchev–Trinajstić information content (AvgIpc) is 2.44. The maximum atomic E-state index is 13.4. The summed E-state index contributed by atoms with van der Waals surface area (Å²) in [6.07, 6.45) is -5.77. The quantitative estimate of drug-likeness (QED) is 0.653. The normalized spacial score (nSPS) is 13.2. The molecular formula is C15H12F4OS. The van der Waals surface area contributed by atoms with E-state index in [4.69, 9.17) is 0 Å². The summed E-state index contributed by atoms with van der Waals surface area (Å²) in [7, 11) is 0. The van der Waals surface area contributed by atoms with Crippen molar-refractivity contribution >= 4 is 11.8 Å². The summed E-state index contributed by atoms with van der Waals surface area (Å²) in [6, 6.07) is 11.7. The van der Waals surface area contributed by atoms with Crippen LogP contribution in [0.3, 0.4) is 0 Å². The second-order valence-electron chi connectivity index (χ2n) is 4.38. The van der Waals surface area contributed by atoms with E-state index >= 15 is 0 Å². The zero-order valence-electron chi connectivity index (χ0n) is 10.8. The molecule has 0 aromatic heterocycles. The number of aliphatic hydroxyl groups is 1. The van der Waals surface area contributed by atoms with Gasteiger partial charge < -0.3 is 5.11 Å². The number of hydrogen-bond donors (Lipinski definition) is 1. The number of halogens is 4. The van der Waals surface area contributed by atoms with Crippen molar-refractivity contribution in [3.05, 3.63) is 65.5 Å². The van der Waals surface area contributed by atoms with E-state index in [-0.39, 0.29) is 11.3 Å².